The highest BCUT2D eigenvalue weighted by Gasteiger charge is 2.33. The van der Waals surface area contributed by atoms with E-state index in [1.54, 1.807) is 48.8 Å². The molecule has 0 aliphatic carbocycles. The summed E-state index contributed by atoms with van der Waals surface area (Å²) in [7, 11) is -2.84. The molecule has 0 radical (unpaired) electrons. The van der Waals surface area contributed by atoms with E-state index in [0.717, 1.165) is 29.7 Å². The van der Waals surface area contributed by atoms with E-state index >= 15 is 0 Å². The minimum Gasteiger partial charge on any atom is -0.497 e. The highest BCUT2D eigenvalue weighted by Crippen LogP contribution is 2.21. The molecule has 45 heavy (non-hydrogen) atoms. The van der Waals surface area contributed by atoms with Crippen molar-refractivity contribution in [3.05, 3.63) is 72.3 Å². The van der Waals surface area contributed by atoms with Gasteiger partial charge >= 0.3 is 5.97 Å². The van der Waals surface area contributed by atoms with Crippen molar-refractivity contribution < 1.29 is 32.6 Å². The van der Waals surface area contributed by atoms with Crippen molar-refractivity contribution >= 4 is 44.9 Å². The van der Waals surface area contributed by atoms with Crippen LogP contribution in [-0.4, -0.2) is 86.8 Å². The molecule has 0 saturated carbocycles. The van der Waals surface area contributed by atoms with Gasteiger partial charge in [-0.1, -0.05) is 42.5 Å². The lowest BCUT2D eigenvalue weighted by Crippen LogP contribution is -2.51. The van der Waals surface area contributed by atoms with Crippen LogP contribution in [0.5, 0.6) is 5.75 Å². The molecule has 2 amide bonds. The summed E-state index contributed by atoms with van der Waals surface area (Å²) in [5.74, 6) is 3.16. The first-order valence-electron chi connectivity index (χ1n) is 14.5. The van der Waals surface area contributed by atoms with E-state index in [1.807, 2.05) is 17.0 Å². The fourth-order valence-electron chi connectivity index (χ4n) is 5.33. The smallest absolute Gasteiger partial charge is 0.323 e. The first-order valence-corrected chi connectivity index (χ1v) is 15.9. The molecule has 0 spiro atoms. The van der Waals surface area contributed by atoms with Crippen LogP contribution in [0.25, 0.3) is 10.8 Å². The van der Waals surface area contributed by atoms with Gasteiger partial charge in [0.15, 0.2) is 0 Å². The number of nitrogens with zero attached hydrogens (tertiary/aromatic N) is 3. The Morgan fingerprint density at radius 1 is 1.13 bits per heavy atom. The number of hydrogen-bond acceptors (Lipinski definition) is 8. The number of hydrazone groups is 1. The first-order chi connectivity index (χ1) is 21.6. The Morgan fingerprint density at radius 3 is 2.64 bits per heavy atom. The van der Waals surface area contributed by atoms with Gasteiger partial charge in [0.1, 0.15) is 24.7 Å². The van der Waals surface area contributed by atoms with Crippen LogP contribution >= 0.6 is 0 Å². The molecule has 5 N–H and O–H groups in total. The number of benzene rings is 3. The summed E-state index contributed by atoms with van der Waals surface area (Å²) >= 11 is 0. The van der Waals surface area contributed by atoms with Gasteiger partial charge in [-0.15, -0.1) is 0 Å². The van der Waals surface area contributed by atoms with Gasteiger partial charge in [0, 0.05) is 26.2 Å². The number of sulfonamides is 1. The highest BCUT2D eigenvalue weighted by atomic mass is 32.2. The Hall–Kier alpha value is -4.69. The number of nitrogens with two attached hydrogens (primary N) is 1. The van der Waals surface area contributed by atoms with Crippen LogP contribution in [0.4, 0.5) is 0 Å². The topological polar surface area (TPSA) is 184 Å². The molecule has 3 aromatic rings. The number of carboxylic acid groups (broad SMARTS) is 1. The number of piperidine rings is 1. The largest absolute Gasteiger partial charge is 0.497 e. The first kappa shape index (κ1) is 33.2. The molecule has 4 rings (SSSR count). The summed E-state index contributed by atoms with van der Waals surface area (Å²) in [6, 6.07) is 16.9. The van der Waals surface area contributed by atoms with Gasteiger partial charge in [-0.2, -0.15) is 9.82 Å². The van der Waals surface area contributed by atoms with Crippen LogP contribution in [-0.2, 0) is 31.0 Å². The molecule has 0 bridgehead atoms. The van der Waals surface area contributed by atoms with E-state index in [4.69, 9.17) is 10.6 Å². The SMILES string of the molecule is COc1cccc(CN(CC(=O)O)C(=O)[C@H](CC(=O)NC[C@@H]2CCCN(C=NN)C2)NS(=O)(=O)c2ccc3ccccc3c2)c1. The zero-order valence-electron chi connectivity index (χ0n) is 25.0. The van der Waals surface area contributed by atoms with Crippen LogP contribution < -0.4 is 20.6 Å². The lowest BCUT2D eigenvalue weighted by molar-refractivity contribution is -0.146. The second-order valence-electron chi connectivity index (χ2n) is 10.9. The monoisotopic (exact) mass is 638 g/mol. The van der Waals surface area contributed by atoms with Gasteiger partial charge < -0.3 is 30.8 Å². The van der Waals surface area contributed by atoms with E-state index in [1.165, 1.54) is 19.2 Å². The molecule has 0 unspecified atom stereocenters. The van der Waals surface area contributed by atoms with Gasteiger partial charge in [0.05, 0.1) is 18.4 Å². The molecule has 1 fully saturated rings. The van der Waals surface area contributed by atoms with E-state index < -0.39 is 46.8 Å². The van der Waals surface area contributed by atoms with E-state index in [9.17, 15) is 27.9 Å². The van der Waals surface area contributed by atoms with Crippen LogP contribution in [0, 0.1) is 5.92 Å². The Labute approximate surface area is 262 Å². The number of rotatable bonds is 14. The fourth-order valence-corrected chi connectivity index (χ4v) is 6.56. The number of hydrogen-bond donors (Lipinski definition) is 4. The van der Waals surface area contributed by atoms with Gasteiger partial charge in [-0.05, 0) is 59.4 Å². The average Bonchev–Trinajstić information content (AvgIpc) is 3.02. The van der Waals surface area contributed by atoms with Crippen molar-refractivity contribution in [3.63, 3.8) is 0 Å². The number of likely N-dealkylation sites (tertiary alicyclic amines) is 1. The third kappa shape index (κ3) is 9.40. The standard InChI is InChI=1S/C31H38N6O7S/c1-44-26-10-4-6-22(14-26)19-37(20-30(39)40)31(41)28(16-29(38)33-17-23-7-5-13-36(18-23)21-34-32)35-45(42,43)27-12-11-24-8-2-3-9-25(24)15-27/h2-4,6,8-12,14-15,21,23,28,35H,5,7,13,16-20,32H2,1H3,(H,33,38)(H,39,40)/t23-,28-/m0/s1. The van der Waals surface area contributed by atoms with Crippen molar-refractivity contribution in [2.24, 2.45) is 16.9 Å². The van der Waals surface area contributed by atoms with Gasteiger partial charge in [-0.3, -0.25) is 14.4 Å². The number of methoxy groups -OCH3 is 1. The Balaban J connectivity index is 1.57. The quantitative estimate of drug-likeness (QED) is 0.0884. The number of carbonyl (C=O) groups is 3. The lowest BCUT2D eigenvalue weighted by Gasteiger charge is -2.31. The van der Waals surface area contributed by atoms with Crippen LogP contribution in [0.1, 0.15) is 24.8 Å². The molecule has 240 valence electrons. The number of carboxylic acids is 1. The van der Waals surface area contributed by atoms with Crippen molar-refractivity contribution in [1.29, 1.82) is 0 Å². The van der Waals surface area contributed by atoms with Crippen molar-refractivity contribution in [3.8, 4) is 5.75 Å². The molecule has 1 aliphatic rings. The van der Waals surface area contributed by atoms with Crippen molar-refractivity contribution in [2.75, 3.05) is 33.3 Å². The van der Waals surface area contributed by atoms with Crippen LogP contribution in [0.3, 0.4) is 0 Å². The van der Waals surface area contributed by atoms with Gasteiger partial charge in [-0.25, -0.2) is 8.42 Å². The molecular weight excluding hydrogens is 600 g/mol. The third-order valence-electron chi connectivity index (χ3n) is 7.53. The maximum absolute atomic E-state index is 13.9. The summed E-state index contributed by atoms with van der Waals surface area (Å²) < 4.78 is 34.8. The predicted molar refractivity (Wildman–Crippen MR) is 169 cm³/mol. The summed E-state index contributed by atoms with van der Waals surface area (Å²) in [6.07, 6.45) is 2.75. The molecule has 0 aromatic heterocycles. The molecule has 1 aliphatic heterocycles. The Kier molecular flexibility index (Phi) is 11.3. The number of amides is 2. The number of aliphatic carboxylic acids is 1. The van der Waals surface area contributed by atoms with E-state index in [0.29, 0.717) is 29.8 Å². The molecular formula is C31H38N6O7S. The second kappa shape index (κ2) is 15.3. The number of ether oxygens (including phenoxy) is 1. The van der Waals surface area contributed by atoms with E-state index in [-0.39, 0.29) is 17.4 Å². The fraction of sp³-hybridized carbons (Fsp3) is 0.355. The zero-order chi connectivity index (χ0) is 32.4. The molecule has 3 aromatic carbocycles. The van der Waals surface area contributed by atoms with Gasteiger partial charge in [0.25, 0.3) is 0 Å². The maximum atomic E-state index is 13.9. The Morgan fingerprint density at radius 2 is 1.91 bits per heavy atom. The molecule has 1 heterocycles. The predicted octanol–water partition coefficient (Wildman–Crippen LogP) is 1.73. The summed E-state index contributed by atoms with van der Waals surface area (Å²) in [5, 5.41) is 17.5. The highest BCUT2D eigenvalue weighted by molar-refractivity contribution is 7.89. The number of carbonyl (C=O) groups excluding carboxylic acids is 2. The van der Waals surface area contributed by atoms with Crippen LogP contribution in [0.15, 0.2) is 76.7 Å². The molecule has 1 saturated heterocycles. The molecule has 14 heteroatoms. The summed E-state index contributed by atoms with van der Waals surface area (Å²) in [5.41, 5.74) is 0.562. The second-order valence-corrected chi connectivity index (χ2v) is 12.6. The normalized spacial score (nSPS) is 15.9. The minimum absolute atomic E-state index is 0.0964. The van der Waals surface area contributed by atoms with E-state index in [2.05, 4.69) is 15.1 Å². The Bertz CT molecular complexity index is 1650. The molecule has 13 nitrogen and oxygen atoms in total. The maximum Gasteiger partial charge on any atom is 0.323 e. The van der Waals surface area contributed by atoms with Crippen LogP contribution in [0.2, 0.25) is 0 Å². The lowest BCUT2D eigenvalue weighted by atomic mass is 9.98. The minimum atomic E-state index is -4.31. The average molecular weight is 639 g/mol. The number of fused-ring (bicyclic) bond motifs is 1. The summed E-state index contributed by atoms with van der Waals surface area (Å²) in [6.45, 7) is 0.857. The zero-order valence-corrected chi connectivity index (χ0v) is 25.8. The summed E-state index contributed by atoms with van der Waals surface area (Å²) in [4.78, 5) is 41.7. The molecule has 2 atom stereocenters. The third-order valence-corrected chi connectivity index (χ3v) is 9.00. The van der Waals surface area contributed by atoms with Crippen molar-refractivity contribution in [2.45, 2.75) is 36.7 Å². The van der Waals surface area contributed by atoms with Crippen molar-refractivity contribution in [1.82, 2.24) is 19.8 Å². The van der Waals surface area contributed by atoms with Gasteiger partial charge in [0.2, 0.25) is 21.8 Å². The number of nitrogens with one attached hydrogen (secondary N) is 2.